The van der Waals surface area contributed by atoms with Crippen LogP contribution in [0.2, 0.25) is 0 Å². The molecule has 0 bridgehead atoms. The molecule has 0 aliphatic heterocycles. The molecule has 0 amide bonds. The summed E-state index contributed by atoms with van der Waals surface area (Å²) in [5, 5.41) is 18.2. The molecule has 2 aliphatic rings. The average Bonchev–Trinajstić information content (AvgIpc) is 2.61. The van der Waals surface area contributed by atoms with E-state index >= 15 is 0 Å². The van der Waals surface area contributed by atoms with Crippen LogP contribution in [0.1, 0.15) is 103 Å². The highest BCUT2D eigenvalue weighted by molar-refractivity contribution is 5.66. The molecule has 4 nitrogen and oxygen atoms in total. The van der Waals surface area contributed by atoms with E-state index in [0.717, 1.165) is 25.7 Å². The number of carbonyl (C=O) groups is 2. The molecular weight excluding hydrogens is 316 g/mol. The maximum Gasteiger partial charge on any atom is 0.303 e. The molecule has 0 aromatic carbocycles. The first-order valence-corrected chi connectivity index (χ1v) is 10.5. The quantitative estimate of drug-likeness (QED) is 0.533. The molecule has 0 aromatic heterocycles. The SMILES string of the molecule is O=C(O)CCCC(CCCC(=O)O)(C1CCCCC1)C1CCCCC1. The molecule has 2 saturated carbocycles. The summed E-state index contributed by atoms with van der Waals surface area (Å²) in [6.07, 6.45) is 16.8. The number of aliphatic carboxylic acids is 2. The van der Waals surface area contributed by atoms with Crippen LogP contribution < -0.4 is 0 Å². The Morgan fingerprint density at radius 3 is 1.36 bits per heavy atom. The highest BCUT2D eigenvalue weighted by atomic mass is 16.4. The summed E-state index contributed by atoms with van der Waals surface area (Å²) in [6, 6.07) is 0. The lowest BCUT2D eigenvalue weighted by Crippen LogP contribution is -2.40. The van der Waals surface area contributed by atoms with E-state index in [1.165, 1.54) is 64.2 Å². The Kier molecular flexibility index (Phi) is 8.25. The molecule has 0 unspecified atom stereocenters. The summed E-state index contributed by atoms with van der Waals surface area (Å²) in [6.45, 7) is 0. The Bertz CT molecular complexity index is 380. The van der Waals surface area contributed by atoms with Crippen molar-refractivity contribution in [3.63, 3.8) is 0 Å². The Labute approximate surface area is 152 Å². The Hall–Kier alpha value is -1.06. The predicted molar refractivity (Wildman–Crippen MR) is 98.6 cm³/mol. The number of hydrogen-bond donors (Lipinski definition) is 2. The largest absolute Gasteiger partial charge is 0.481 e. The van der Waals surface area contributed by atoms with Crippen LogP contribution >= 0.6 is 0 Å². The van der Waals surface area contributed by atoms with E-state index in [9.17, 15) is 9.59 Å². The standard InChI is InChI=1S/C21H36O4/c22-19(23)13-7-15-21(16-8-14-20(24)25,17-9-3-1-4-10-17)18-11-5-2-6-12-18/h17-18H,1-16H2,(H,22,23)(H,24,25). The van der Waals surface area contributed by atoms with Crippen LogP contribution in [0.15, 0.2) is 0 Å². The van der Waals surface area contributed by atoms with Gasteiger partial charge in [-0.05, 0) is 68.6 Å². The molecule has 2 N–H and O–H groups in total. The summed E-state index contributed by atoms with van der Waals surface area (Å²) < 4.78 is 0. The molecule has 2 fully saturated rings. The zero-order chi connectivity index (χ0) is 18.1. The van der Waals surface area contributed by atoms with Gasteiger partial charge in [-0.1, -0.05) is 38.5 Å². The Morgan fingerprint density at radius 1 is 0.680 bits per heavy atom. The van der Waals surface area contributed by atoms with Gasteiger partial charge in [0, 0.05) is 12.8 Å². The molecule has 4 heteroatoms. The second kappa shape index (κ2) is 10.2. The van der Waals surface area contributed by atoms with Gasteiger partial charge in [-0.3, -0.25) is 9.59 Å². The molecule has 0 spiro atoms. The van der Waals surface area contributed by atoms with Crippen molar-refractivity contribution in [1.82, 2.24) is 0 Å². The number of hydrogen-bond acceptors (Lipinski definition) is 2. The van der Waals surface area contributed by atoms with Gasteiger partial charge in [0.1, 0.15) is 0 Å². The van der Waals surface area contributed by atoms with Crippen molar-refractivity contribution in [2.45, 2.75) is 103 Å². The third kappa shape index (κ3) is 6.00. The molecule has 0 aromatic rings. The molecule has 144 valence electrons. The van der Waals surface area contributed by atoms with Gasteiger partial charge in [0.25, 0.3) is 0 Å². The lowest BCUT2D eigenvalue weighted by atomic mass is 9.55. The maximum atomic E-state index is 11.1. The minimum Gasteiger partial charge on any atom is -0.481 e. The van der Waals surface area contributed by atoms with Crippen LogP contribution in [0.5, 0.6) is 0 Å². The molecule has 0 radical (unpaired) electrons. The third-order valence-electron chi connectivity index (χ3n) is 6.90. The first-order chi connectivity index (χ1) is 12.0. The second-order valence-electron chi connectivity index (χ2n) is 8.40. The highest BCUT2D eigenvalue weighted by Gasteiger charge is 2.44. The lowest BCUT2D eigenvalue weighted by molar-refractivity contribution is -0.138. The van der Waals surface area contributed by atoms with Crippen molar-refractivity contribution in [3.05, 3.63) is 0 Å². The number of carboxylic acids is 2. The van der Waals surface area contributed by atoms with Crippen molar-refractivity contribution in [1.29, 1.82) is 0 Å². The third-order valence-corrected chi connectivity index (χ3v) is 6.90. The normalized spacial score (nSPS) is 20.5. The molecule has 0 atom stereocenters. The van der Waals surface area contributed by atoms with Gasteiger partial charge >= 0.3 is 11.9 Å². The first-order valence-electron chi connectivity index (χ1n) is 10.5. The minimum atomic E-state index is -0.702. The molecule has 2 aliphatic carbocycles. The van der Waals surface area contributed by atoms with Crippen molar-refractivity contribution >= 4 is 11.9 Å². The van der Waals surface area contributed by atoms with E-state index < -0.39 is 11.9 Å². The number of carboxylic acid groups (broad SMARTS) is 2. The average molecular weight is 353 g/mol. The zero-order valence-corrected chi connectivity index (χ0v) is 15.7. The van der Waals surface area contributed by atoms with Crippen molar-refractivity contribution < 1.29 is 19.8 Å². The lowest BCUT2D eigenvalue weighted by Gasteiger charge is -2.50. The summed E-state index contributed by atoms with van der Waals surface area (Å²) in [5.41, 5.74) is 0.186. The summed E-state index contributed by atoms with van der Waals surface area (Å²) in [4.78, 5) is 22.1. The van der Waals surface area contributed by atoms with Crippen LogP contribution in [-0.4, -0.2) is 22.2 Å². The van der Waals surface area contributed by atoms with E-state index in [-0.39, 0.29) is 18.3 Å². The molecule has 2 rings (SSSR count). The van der Waals surface area contributed by atoms with Crippen LogP contribution in [-0.2, 0) is 9.59 Å². The Balaban J connectivity index is 2.17. The fourth-order valence-corrected chi connectivity index (χ4v) is 5.77. The van der Waals surface area contributed by atoms with E-state index in [1.54, 1.807) is 0 Å². The van der Waals surface area contributed by atoms with Crippen LogP contribution in [0.3, 0.4) is 0 Å². The fourth-order valence-electron chi connectivity index (χ4n) is 5.77. The zero-order valence-electron chi connectivity index (χ0n) is 15.7. The number of rotatable bonds is 10. The summed E-state index contributed by atoms with van der Waals surface area (Å²) >= 11 is 0. The molecule has 25 heavy (non-hydrogen) atoms. The van der Waals surface area contributed by atoms with Gasteiger partial charge in [-0.25, -0.2) is 0 Å². The van der Waals surface area contributed by atoms with Gasteiger partial charge < -0.3 is 10.2 Å². The fraction of sp³-hybridized carbons (Fsp3) is 0.905. The smallest absolute Gasteiger partial charge is 0.303 e. The van der Waals surface area contributed by atoms with E-state index in [1.807, 2.05) is 0 Å². The molecule has 0 heterocycles. The second-order valence-corrected chi connectivity index (χ2v) is 8.40. The van der Waals surface area contributed by atoms with Crippen LogP contribution in [0.4, 0.5) is 0 Å². The van der Waals surface area contributed by atoms with Crippen LogP contribution in [0.25, 0.3) is 0 Å². The van der Waals surface area contributed by atoms with Crippen LogP contribution in [0, 0.1) is 17.3 Å². The predicted octanol–water partition coefficient (Wildman–Crippen LogP) is 5.64. The summed E-state index contributed by atoms with van der Waals surface area (Å²) in [5.74, 6) is -0.0580. The maximum absolute atomic E-state index is 11.1. The van der Waals surface area contributed by atoms with Crippen molar-refractivity contribution in [3.8, 4) is 0 Å². The van der Waals surface area contributed by atoms with Crippen molar-refractivity contribution in [2.24, 2.45) is 17.3 Å². The Morgan fingerprint density at radius 2 is 1.04 bits per heavy atom. The highest BCUT2D eigenvalue weighted by Crippen LogP contribution is 2.54. The van der Waals surface area contributed by atoms with Gasteiger partial charge in [0.15, 0.2) is 0 Å². The first kappa shape index (κ1) is 20.3. The molecular formula is C21H36O4. The monoisotopic (exact) mass is 352 g/mol. The topological polar surface area (TPSA) is 74.6 Å². The van der Waals surface area contributed by atoms with Gasteiger partial charge in [-0.2, -0.15) is 0 Å². The minimum absolute atomic E-state index is 0.186. The molecule has 0 saturated heterocycles. The van der Waals surface area contributed by atoms with Gasteiger partial charge in [0.2, 0.25) is 0 Å². The van der Waals surface area contributed by atoms with E-state index in [0.29, 0.717) is 11.8 Å². The van der Waals surface area contributed by atoms with Gasteiger partial charge in [-0.15, -0.1) is 0 Å². The van der Waals surface area contributed by atoms with Gasteiger partial charge in [0.05, 0.1) is 0 Å². The summed E-state index contributed by atoms with van der Waals surface area (Å²) in [7, 11) is 0. The van der Waals surface area contributed by atoms with Crippen molar-refractivity contribution in [2.75, 3.05) is 0 Å². The van der Waals surface area contributed by atoms with E-state index in [4.69, 9.17) is 10.2 Å². The van der Waals surface area contributed by atoms with E-state index in [2.05, 4.69) is 0 Å².